The van der Waals surface area contributed by atoms with Crippen molar-refractivity contribution in [3.05, 3.63) is 45.7 Å². The number of carbonyl (C=O) groups is 1. The van der Waals surface area contributed by atoms with Gasteiger partial charge < -0.3 is 0 Å². The van der Waals surface area contributed by atoms with Crippen LogP contribution in [0.2, 0.25) is 0 Å². The number of thiazole rings is 1. The molecule has 0 radical (unpaired) electrons. The molecule has 25 heavy (non-hydrogen) atoms. The summed E-state index contributed by atoms with van der Waals surface area (Å²) in [4.78, 5) is 17.4. The number of nitrogens with zero attached hydrogens (tertiary/aromatic N) is 3. The molecule has 0 unspecified atom stereocenters. The van der Waals surface area contributed by atoms with Crippen LogP contribution in [-0.2, 0) is 6.42 Å². The average Bonchev–Trinajstić information content (AvgIpc) is 3.14. The molecule has 0 aliphatic carbocycles. The van der Waals surface area contributed by atoms with E-state index in [0.29, 0.717) is 26.6 Å². The predicted molar refractivity (Wildman–Crippen MR) is 98.6 cm³/mol. The maximum Gasteiger partial charge on any atom is 0.269 e. The van der Waals surface area contributed by atoms with Crippen LogP contribution in [-0.4, -0.2) is 21.1 Å². The van der Waals surface area contributed by atoms with Gasteiger partial charge in [-0.15, -0.1) is 21.5 Å². The van der Waals surface area contributed by atoms with Crippen LogP contribution in [0.3, 0.4) is 0 Å². The Hall–Kier alpha value is -2.19. The van der Waals surface area contributed by atoms with Gasteiger partial charge >= 0.3 is 0 Å². The molecule has 0 spiro atoms. The fourth-order valence-corrected chi connectivity index (χ4v) is 4.13. The Bertz CT molecular complexity index is 886. The fraction of sp³-hybridized carbons (Fsp3) is 0.294. The standard InChI is InChI=1S/C17H17FN4OS2/c1-9(2)8-13-21-22-17(24-13)20-15(23)14-10(3)19-16(25-14)11-4-6-12(18)7-5-11/h4-7,9H,8H2,1-3H3,(H,20,22,23). The number of benzene rings is 1. The predicted octanol–water partition coefficient (Wildman–Crippen LogP) is 4.56. The Morgan fingerprint density at radius 3 is 2.60 bits per heavy atom. The summed E-state index contributed by atoms with van der Waals surface area (Å²) in [7, 11) is 0. The average molecular weight is 376 g/mol. The van der Waals surface area contributed by atoms with Crippen LogP contribution in [0.1, 0.15) is 34.2 Å². The van der Waals surface area contributed by atoms with Crippen molar-refractivity contribution in [3.63, 3.8) is 0 Å². The molecule has 5 nitrogen and oxygen atoms in total. The zero-order valence-corrected chi connectivity index (χ0v) is 15.7. The molecule has 1 amide bonds. The lowest BCUT2D eigenvalue weighted by Gasteiger charge is -1.99. The van der Waals surface area contributed by atoms with Gasteiger partial charge in [0.2, 0.25) is 5.13 Å². The van der Waals surface area contributed by atoms with E-state index >= 15 is 0 Å². The molecule has 2 heterocycles. The maximum absolute atomic E-state index is 13.0. The first-order chi connectivity index (χ1) is 11.9. The molecule has 0 aliphatic heterocycles. The Morgan fingerprint density at radius 2 is 1.92 bits per heavy atom. The lowest BCUT2D eigenvalue weighted by Crippen LogP contribution is -2.11. The van der Waals surface area contributed by atoms with Crippen molar-refractivity contribution in [2.75, 3.05) is 5.32 Å². The highest BCUT2D eigenvalue weighted by atomic mass is 32.1. The quantitative estimate of drug-likeness (QED) is 0.709. The Balaban J connectivity index is 1.76. The van der Waals surface area contributed by atoms with Gasteiger partial charge in [-0.2, -0.15) is 0 Å². The van der Waals surface area contributed by atoms with Crippen molar-refractivity contribution in [2.24, 2.45) is 5.92 Å². The number of amides is 1. The van der Waals surface area contributed by atoms with Gasteiger partial charge in [0, 0.05) is 12.0 Å². The van der Waals surface area contributed by atoms with Crippen molar-refractivity contribution in [1.29, 1.82) is 0 Å². The van der Waals surface area contributed by atoms with Gasteiger partial charge in [-0.3, -0.25) is 10.1 Å². The third kappa shape index (κ3) is 4.26. The van der Waals surface area contributed by atoms with Crippen LogP contribution >= 0.6 is 22.7 Å². The van der Waals surface area contributed by atoms with Crippen LogP contribution < -0.4 is 5.32 Å². The van der Waals surface area contributed by atoms with Crippen LogP contribution in [0.4, 0.5) is 9.52 Å². The first-order valence-electron chi connectivity index (χ1n) is 7.79. The van der Waals surface area contributed by atoms with Crippen molar-refractivity contribution < 1.29 is 9.18 Å². The topological polar surface area (TPSA) is 67.8 Å². The number of aromatic nitrogens is 3. The van der Waals surface area contributed by atoms with E-state index in [9.17, 15) is 9.18 Å². The molecule has 0 aliphatic rings. The summed E-state index contributed by atoms with van der Waals surface area (Å²) in [6.07, 6.45) is 0.835. The summed E-state index contributed by atoms with van der Waals surface area (Å²) >= 11 is 2.66. The minimum atomic E-state index is -0.302. The second-order valence-corrected chi connectivity index (χ2v) is 8.05. The van der Waals surface area contributed by atoms with Crippen molar-refractivity contribution in [2.45, 2.75) is 27.2 Å². The number of rotatable bonds is 5. The molecular weight excluding hydrogens is 359 g/mol. The number of hydrogen-bond donors (Lipinski definition) is 1. The number of aryl methyl sites for hydroxylation is 1. The Labute approximate surface area is 153 Å². The Morgan fingerprint density at radius 1 is 1.20 bits per heavy atom. The molecule has 0 fully saturated rings. The van der Waals surface area contributed by atoms with E-state index in [0.717, 1.165) is 17.0 Å². The van der Waals surface area contributed by atoms with Crippen molar-refractivity contribution >= 4 is 33.7 Å². The first kappa shape index (κ1) is 17.6. The SMILES string of the molecule is Cc1nc(-c2ccc(F)cc2)sc1C(=O)Nc1nnc(CC(C)C)s1. The Kier molecular flexibility index (Phi) is 5.19. The summed E-state index contributed by atoms with van der Waals surface area (Å²) in [6.45, 7) is 6.00. The van der Waals surface area contributed by atoms with Crippen LogP contribution in [0, 0.1) is 18.7 Å². The van der Waals surface area contributed by atoms with E-state index in [-0.39, 0.29) is 11.7 Å². The minimum absolute atomic E-state index is 0.254. The summed E-state index contributed by atoms with van der Waals surface area (Å²) in [5.74, 6) is -0.0717. The highest BCUT2D eigenvalue weighted by Gasteiger charge is 2.18. The van der Waals surface area contributed by atoms with Gasteiger partial charge in [0.1, 0.15) is 20.7 Å². The lowest BCUT2D eigenvalue weighted by molar-refractivity contribution is 0.102. The van der Waals surface area contributed by atoms with Gasteiger partial charge in [0.15, 0.2) is 0 Å². The molecule has 3 aromatic rings. The van der Waals surface area contributed by atoms with Gasteiger partial charge in [0.25, 0.3) is 5.91 Å². The smallest absolute Gasteiger partial charge is 0.269 e. The number of halogens is 1. The molecule has 1 aromatic carbocycles. The van der Waals surface area contributed by atoms with Gasteiger partial charge in [-0.25, -0.2) is 9.37 Å². The minimum Gasteiger partial charge on any atom is -0.296 e. The molecule has 0 bridgehead atoms. The number of anilines is 1. The molecule has 0 saturated carbocycles. The summed E-state index contributed by atoms with van der Waals surface area (Å²) in [5, 5.41) is 13.0. The highest BCUT2D eigenvalue weighted by Crippen LogP contribution is 2.29. The van der Waals surface area contributed by atoms with Crippen molar-refractivity contribution in [3.8, 4) is 10.6 Å². The second-order valence-electron chi connectivity index (χ2n) is 5.99. The maximum atomic E-state index is 13.0. The van der Waals surface area contributed by atoms with E-state index in [1.165, 1.54) is 34.8 Å². The highest BCUT2D eigenvalue weighted by molar-refractivity contribution is 7.17. The third-order valence-electron chi connectivity index (χ3n) is 3.36. The number of hydrogen-bond acceptors (Lipinski definition) is 6. The molecule has 130 valence electrons. The van der Waals surface area contributed by atoms with Crippen molar-refractivity contribution in [1.82, 2.24) is 15.2 Å². The van der Waals surface area contributed by atoms with Crippen LogP contribution in [0.5, 0.6) is 0 Å². The largest absolute Gasteiger partial charge is 0.296 e. The van der Waals surface area contributed by atoms with E-state index in [1.54, 1.807) is 19.1 Å². The van der Waals surface area contributed by atoms with E-state index in [1.807, 2.05) is 0 Å². The van der Waals surface area contributed by atoms with Gasteiger partial charge in [0.05, 0.1) is 5.69 Å². The summed E-state index contributed by atoms with van der Waals surface area (Å²) < 4.78 is 13.0. The van der Waals surface area contributed by atoms with Gasteiger partial charge in [-0.05, 0) is 37.1 Å². The lowest BCUT2D eigenvalue weighted by atomic mass is 10.1. The molecule has 0 saturated heterocycles. The molecular formula is C17H17FN4OS2. The zero-order valence-electron chi connectivity index (χ0n) is 14.0. The monoisotopic (exact) mass is 376 g/mol. The second kappa shape index (κ2) is 7.37. The molecule has 2 aromatic heterocycles. The molecule has 1 N–H and O–H groups in total. The fourth-order valence-electron chi connectivity index (χ4n) is 2.21. The first-order valence-corrected chi connectivity index (χ1v) is 9.42. The zero-order chi connectivity index (χ0) is 18.0. The van der Waals surface area contributed by atoms with E-state index < -0.39 is 0 Å². The van der Waals surface area contributed by atoms with E-state index in [4.69, 9.17) is 0 Å². The number of carbonyl (C=O) groups excluding carboxylic acids is 1. The normalized spacial score (nSPS) is 11.1. The molecule has 3 rings (SSSR count). The van der Waals surface area contributed by atoms with Crippen LogP contribution in [0.15, 0.2) is 24.3 Å². The third-order valence-corrected chi connectivity index (χ3v) is 5.43. The molecule has 0 atom stereocenters. The number of nitrogens with one attached hydrogen (secondary N) is 1. The molecule has 8 heteroatoms. The summed E-state index contributed by atoms with van der Waals surface area (Å²) in [6, 6.07) is 6.06. The van der Waals surface area contributed by atoms with Gasteiger partial charge in [-0.1, -0.05) is 25.2 Å². The van der Waals surface area contributed by atoms with E-state index in [2.05, 4.69) is 34.3 Å². The summed E-state index contributed by atoms with van der Waals surface area (Å²) in [5.41, 5.74) is 1.41. The van der Waals surface area contributed by atoms with Crippen LogP contribution in [0.25, 0.3) is 10.6 Å².